The van der Waals surface area contributed by atoms with Crippen molar-refractivity contribution in [3.63, 3.8) is 0 Å². The molecule has 2 saturated heterocycles. The zero-order valence-corrected chi connectivity index (χ0v) is 30.4. The second-order valence-electron chi connectivity index (χ2n) is 19.7. The van der Waals surface area contributed by atoms with Crippen LogP contribution in [0.5, 0.6) is 0 Å². The number of nitrogens with one attached hydrogen (secondary N) is 2. The van der Waals surface area contributed by atoms with Crippen molar-refractivity contribution in [1.82, 2.24) is 10.6 Å². The van der Waals surface area contributed by atoms with Gasteiger partial charge in [-0.25, -0.2) is 0 Å². The Kier molecular flexibility index (Phi) is 10.4. The summed E-state index contributed by atoms with van der Waals surface area (Å²) in [4.78, 5) is 0. The molecule has 9 rings (SSSR count). The van der Waals surface area contributed by atoms with Crippen molar-refractivity contribution in [3.8, 4) is 0 Å². The lowest BCUT2D eigenvalue weighted by Gasteiger charge is -2.52. The maximum Gasteiger partial charge on any atom is 0.0641 e. The van der Waals surface area contributed by atoms with Crippen molar-refractivity contribution in [3.05, 3.63) is 0 Å². The van der Waals surface area contributed by atoms with Gasteiger partial charge in [-0.15, -0.1) is 0 Å². The molecule has 0 amide bonds. The molecule has 0 radical (unpaired) electrons. The van der Waals surface area contributed by atoms with E-state index in [0.29, 0.717) is 18.4 Å². The minimum absolute atomic E-state index is 0.555. The lowest BCUT2D eigenvalue weighted by molar-refractivity contribution is -0.0888. The highest BCUT2D eigenvalue weighted by Crippen LogP contribution is 2.60. The molecular formula is C44H74N2O. The molecule has 9 aliphatic rings. The quantitative estimate of drug-likeness (QED) is 0.312. The summed E-state index contributed by atoms with van der Waals surface area (Å²) < 4.78 is 7.32. The van der Waals surface area contributed by atoms with E-state index in [9.17, 15) is 0 Å². The van der Waals surface area contributed by atoms with Gasteiger partial charge in [0.05, 0.1) is 18.4 Å². The van der Waals surface area contributed by atoms with E-state index in [1.165, 1.54) is 135 Å². The molecule has 12 unspecified atom stereocenters. The lowest BCUT2D eigenvalue weighted by atomic mass is 9.53. The Hall–Kier alpha value is -0.120. The molecule has 0 spiro atoms. The van der Waals surface area contributed by atoms with Gasteiger partial charge in [0.2, 0.25) is 0 Å². The van der Waals surface area contributed by atoms with Crippen molar-refractivity contribution in [2.75, 3.05) is 0 Å². The predicted molar refractivity (Wildman–Crippen MR) is 194 cm³/mol. The Morgan fingerprint density at radius 1 is 0.319 bits per heavy atom. The van der Waals surface area contributed by atoms with Crippen LogP contribution in [0.4, 0.5) is 0 Å². The van der Waals surface area contributed by atoms with Crippen LogP contribution >= 0.6 is 0 Å². The number of rotatable bonds is 5. The lowest BCUT2D eigenvalue weighted by Crippen LogP contribution is -2.65. The van der Waals surface area contributed by atoms with Gasteiger partial charge in [-0.2, -0.15) is 0 Å². The molecule has 0 bridgehead atoms. The van der Waals surface area contributed by atoms with Crippen LogP contribution in [0.2, 0.25) is 0 Å². The first-order valence-electron chi connectivity index (χ1n) is 22.5. The zero-order valence-electron chi connectivity index (χ0n) is 30.4. The average molecular weight is 647 g/mol. The number of hydrogen-bond acceptors (Lipinski definition) is 3. The Balaban J connectivity index is 0.916. The molecule has 12 atom stereocenters. The molecule has 3 nitrogen and oxygen atoms in total. The van der Waals surface area contributed by atoms with Crippen LogP contribution < -0.4 is 10.6 Å². The molecular weight excluding hydrogens is 572 g/mol. The summed E-state index contributed by atoms with van der Waals surface area (Å²) in [5, 5.41) is 8.81. The van der Waals surface area contributed by atoms with Gasteiger partial charge in [-0.3, -0.25) is 10.6 Å². The van der Waals surface area contributed by atoms with Crippen LogP contribution in [0.3, 0.4) is 0 Å². The Labute approximate surface area is 290 Å². The normalized spacial score (nSPS) is 49.1. The maximum absolute atomic E-state index is 7.32. The summed E-state index contributed by atoms with van der Waals surface area (Å²) in [5.41, 5.74) is 0. The van der Waals surface area contributed by atoms with Gasteiger partial charge in [-0.05, 0) is 142 Å². The Morgan fingerprint density at radius 2 is 0.894 bits per heavy atom. The molecule has 2 heterocycles. The molecule has 9 fully saturated rings. The summed E-state index contributed by atoms with van der Waals surface area (Å²) in [6.07, 6.45) is 43.7. The summed E-state index contributed by atoms with van der Waals surface area (Å²) in [6.45, 7) is 0. The molecule has 0 aromatic rings. The van der Waals surface area contributed by atoms with Crippen LogP contribution in [0, 0.1) is 65.1 Å². The standard InChI is InChI=1S/C44H74N2O/c1-4-13-29(14-5-1)32-19-12-20-33(25-32)37-27-39-38-26-34(23-24-42(38)47-43(39)36-22-11-10-21-35(36)37)44-45-40(30-15-6-2-7-16-30)28-41(46-44)31-17-8-3-9-18-31/h29-46H,1-28H2. The highest BCUT2D eigenvalue weighted by atomic mass is 16.5. The van der Waals surface area contributed by atoms with E-state index in [1.807, 2.05) is 0 Å². The fourth-order valence-electron chi connectivity index (χ4n) is 15.2. The fraction of sp³-hybridized carbons (Fsp3) is 1.00. The monoisotopic (exact) mass is 647 g/mol. The predicted octanol–water partition coefficient (Wildman–Crippen LogP) is 10.8. The molecule has 266 valence electrons. The van der Waals surface area contributed by atoms with E-state index in [1.54, 1.807) is 44.9 Å². The topological polar surface area (TPSA) is 33.3 Å². The maximum atomic E-state index is 7.32. The van der Waals surface area contributed by atoms with Crippen LogP contribution in [0.15, 0.2) is 0 Å². The summed E-state index contributed by atoms with van der Waals surface area (Å²) >= 11 is 0. The van der Waals surface area contributed by atoms with Gasteiger partial charge in [0, 0.05) is 12.1 Å². The van der Waals surface area contributed by atoms with E-state index in [2.05, 4.69) is 10.6 Å². The minimum Gasteiger partial charge on any atom is -0.374 e. The summed E-state index contributed by atoms with van der Waals surface area (Å²) in [7, 11) is 0. The highest BCUT2D eigenvalue weighted by Gasteiger charge is 2.57. The second-order valence-corrected chi connectivity index (χ2v) is 19.7. The fourth-order valence-corrected chi connectivity index (χ4v) is 15.2. The van der Waals surface area contributed by atoms with Gasteiger partial charge in [0.25, 0.3) is 0 Å². The first kappa shape index (κ1) is 32.8. The van der Waals surface area contributed by atoms with Crippen LogP contribution in [-0.2, 0) is 4.74 Å². The smallest absolute Gasteiger partial charge is 0.0641 e. The third-order valence-electron chi connectivity index (χ3n) is 17.5. The van der Waals surface area contributed by atoms with Crippen molar-refractivity contribution in [1.29, 1.82) is 0 Å². The van der Waals surface area contributed by atoms with E-state index in [0.717, 1.165) is 77.2 Å². The van der Waals surface area contributed by atoms with Crippen molar-refractivity contribution >= 4 is 0 Å². The van der Waals surface area contributed by atoms with Crippen molar-refractivity contribution in [2.24, 2.45) is 65.1 Å². The zero-order chi connectivity index (χ0) is 31.2. The number of fused-ring (bicyclic) bond motifs is 5. The van der Waals surface area contributed by atoms with Crippen molar-refractivity contribution in [2.45, 2.75) is 210 Å². The van der Waals surface area contributed by atoms with E-state index >= 15 is 0 Å². The average Bonchev–Trinajstić information content (AvgIpc) is 3.53. The first-order chi connectivity index (χ1) is 23.3. The minimum atomic E-state index is 0.555. The molecule has 0 aromatic heterocycles. The first-order valence-corrected chi connectivity index (χ1v) is 22.5. The molecule has 2 N–H and O–H groups in total. The van der Waals surface area contributed by atoms with Gasteiger partial charge in [0.1, 0.15) is 0 Å². The van der Waals surface area contributed by atoms with E-state index in [4.69, 9.17) is 4.74 Å². The van der Waals surface area contributed by atoms with Gasteiger partial charge < -0.3 is 4.74 Å². The molecule has 47 heavy (non-hydrogen) atoms. The molecule has 2 aliphatic heterocycles. The van der Waals surface area contributed by atoms with E-state index < -0.39 is 0 Å². The van der Waals surface area contributed by atoms with Gasteiger partial charge in [0.15, 0.2) is 0 Å². The van der Waals surface area contributed by atoms with Crippen molar-refractivity contribution < 1.29 is 4.74 Å². The SMILES string of the molecule is C1CCC(C2CCCC(C3CC4C5CC(C6NC(C7CCCCC7)CC(C7CCCCC7)N6)CCC5OC4C4CCCCC34)C2)CC1. The summed E-state index contributed by atoms with van der Waals surface area (Å²) in [6, 6.07) is 1.54. The number of hydrogen-bond donors (Lipinski definition) is 2. The summed E-state index contributed by atoms with van der Waals surface area (Å²) in [5.74, 6) is 10.5. The number of ether oxygens (including phenoxy) is 1. The van der Waals surface area contributed by atoms with Gasteiger partial charge >= 0.3 is 0 Å². The van der Waals surface area contributed by atoms with Crippen LogP contribution in [0.25, 0.3) is 0 Å². The third-order valence-corrected chi connectivity index (χ3v) is 17.5. The largest absolute Gasteiger partial charge is 0.374 e. The Morgan fingerprint density at radius 3 is 1.57 bits per heavy atom. The van der Waals surface area contributed by atoms with Gasteiger partial charge in [-0.1, -0.05) is 103 Å². The molecule has 0 aromatic carbocycles. The van der Waals surface area contributed by atoms with Crippen LogP contribution in [-0.4, -0.2) is 30.5 Å². The molecule has 7 aliphatic carbocycles. The molecule has 3 heteroatoms. The highest BCUT2D eigenvalue weighted by molar-refractivity contribution is 5.07. The Bertz CT molecular complexity index is 971. The van der Waals surface area contributed by atoms with E-state index in [-0.39, 0.29) is 0 Å². The third kappa shape index (κ3) is 6.81. The molecule has 7 saturated carbocycles. The van der Waals surface area contributed by atoms with Crippen LogP contribution in [0.1, 0.15) is 180 Å². The second kappa shape index (κ2) is 14.9.